The van der Waals surface area contributed by atoms with Gasteiger partial charge in [0, 0.05) is 20.2 Å². The number of aromatic amines is 1. The minimum Gasteiger partial charge on any atom is -0.481 e. The molecule has 158 valence electrons. The SMILES string of the molecule is CCCn1c(N)c(N(CCOC)C(=O)[C@@H](C)Oc2ccc(F)cc2)c(=O)[nH]c1=O. The zero-order chi connectivity index (χ0) is 21.6. The topological polar surface area (TPSA) is 120 Å². The monoisotopic (exact) mass is 408 g/mol. The van der Waals surface area contributed by atoms with Crippen LogP contribution in [0, 0.1) is 5.82 Å². The minimum atomic E-state index is -1.01. The average Bonchev–Trinajstić information content (AvgIpc) is 2.68. The zero-order valence-electron chi connectivity index (χ0n) is 16.6. The summed E-state index contributed by atoms with van der Waals surface area (Å²) in [7, 11) is 1.45. The number of rotatable bonds is 9. The Balaban J connectivity index is 2.41. The number of nitrogens with one attached hydrogen (secondary N) is 1. The Morgan fingerprint density at radius 3 is 2.55 bits per heavy atom. The maximum Gasteiger partial charge on any atom is 0.330 e. The minimum absolute atomic E-state index is 0.0179. The maximum atomic E-state index is 13.1. The second-order valence-electron chi connectivity index (χ2n) is 6.34. The van der Waals surface area contributed by atoms with Crippen molar-refractivity contribution in [2.45, 2.75) is 32.9 Å². The molecule has 0 unspecified atom stereocenters. The van der Waals surface area contributed by atoms with Crippen LogP contribution in [0.5, 0.6) is 5.75 Å². The summed E-state index contributed by atoms with van der Waals surface area (Å²) in [6.45, 7) is 3.77. The lowest BCUT2D eigenvalue weighted by molar-refractivity contribution is -0.124. The molecule has 29 heavy (non-hydrogen) atoms. The first-order valence-corrected chi connectivity index (χ1v) is 9.15. The molecule has 0 aliphatic rings. The zero-order valence-corrected chi connectivity index (χ0v) is 16.6. The summed E-state index contributed by atoms with van der Waals surface area (Å²) in [5.74, 6) is -0.823. The van der Waals surface area contributed by atoms with Gasteiger partial charge >= 0.3 is 5.69 Å². The fraction of sp³-hybridized carbons (Fsp3) is 0.421. The van der Waals surface area contributed by atoms with Crippen molar-refractivity contribution in [3.63, 3.8) is 0 Å². The van der Waals surface area contributed by atoms with Crippen LogP contribution in [0.2, 0.25) is 0 Å². The van der Waals surface area contributed by atoms with E-state index in [0.717, 1.165) is 4.90 Å². The van der Waals surface area contributed by atoms with Gasteiger partial charge in [0.1, 0.15) is 17.4 Å². The molecule has 1 heterocycles. The highest BCUT2D eigenvalue weighted by Gasteiger charge is 2.28. The highest BCUT2D eigenvalue weighted by atomic mass is 19.1. The molecule has 0 bridgehead atoms. The van der Waals surface area contributed by atoms with Crippen LogP contribution in [-0.4, -0.2) is 41.8 Å². The number of carbonyl (C=O) groups excluding carboxylic acids is 1. The lowest BCUT2D eigenvalue weighted by Gasteiger charge is -2.27. The molecule has 9 nitrogen and oxygen atoms in total. The normalized spacial score (nSPS) is 11.9. The van der Waals surface area contributed by atoms with E-state index < -0.39 is 29.1 Å². The molecule has 3 N–H and O–H groups in total. The smallest absolute Gasteiger partial charge is 0.330 e. The van der Waals surface area contributed by atoms with Crippen molar-refractivity contribution in [1.29, 1.82) is 0 Å². The summed E-state index contributed by atoms with van der Waals surface area (Å²) in [5.41, 5.74) is 4.51. The first-order valence-electron chi connectivity index (χ1n) is 9.15. The number of carbonyl (C=O) groups is 1. The lowest BCUT2D eigenvalue weighted by Crippen LogP contribution is -2.47. The van der Waals surface area contributed by atoms with Crippen LogP contribution < -0.4 is 26.6 Å². The number of benzene rings is 1. The predicted molar refractivity (Wildman–Crippen MR) is 107 cm³/mol. The maximum absolute atomic E-state index is 13.1. The molecular weight excluding hydrogens is 383 g/mol. The average molecular weight is 408 g/mol. The van der Waals surface area contributed by atoms with Gasteiger partial charge in [0.2, 0.25) is 0 Å². The van der Waals surface area contributed by atoms with Gasteiger partial charge in [0.15, 0.2) is 11.8 Å². The van der Waals surface area contributed by atoms with Gasteiger partial charge in [-0.15, -0.1) is 0 Å². The second kappa shape index (κ2) is 9.87. The van der Waals surface area contributed by atoms with Gasteiger partial charge < -0.3 is 15.2 Å². The van der Waals surface area contributed by atoms with Gasteiger partial charge in [-0.3, -0.25) is 24.0 Å². The Bertz CT molecular complexity index is 955. The van der Waals surface area contributed by atoms with Crippen LogP contribution >= 0.6 is 0 Å². The number of halogens is 1. The molecule has 0 aliphatic heterocycles. The summed E-state index contributed by atoms with van der Waals surface area (Å²) in [6, 6.07) is 5.19. The number of nitrogens with two attached hydrogens (primary N) is 1. The number of H-pyrrole nitrogens is 1. The molecule has 0 saturated carbocycles. The van der Waals surface area contributed by atoms with Gasteiger partial charge in [-0.2, -0.15) is 0 Å². The fourth-order valence-corrected chi connectivity index (χ4v) is 2.79. The van der Waals surface area contributed by atoms with Crippen molar-refractivity contribution in [3.05, 3.63) is 50.9 Å². The molecule has 2 aromatic rings. The number of hydrogen-bond acceptors (Lipinski definition) is 6. The highest BCUT2D eigenvalue weighted by Crippen LogP contribution is 2.20. The molecule has 1 aromatic heterocycles. The van der Waals surface area contributed by atoms with Crippen LogP contribution in [0.1, 0.15) is 20.3 Å². The molecule has 2 rings (SSSR count). The lowest BCUT2D eigenvalue weighted by atomic mass is 10.2. The van der Waals surface area contributed by atoms with Crippen molar-refractivity contribution in [2.24, 2.45) is 0 Å². The summed E-state index contributed by atoms with van der Waals surface area (Å²) in [6.07, 6.45) is -0.409. The Kier molecular flexibility index (Phi) is 7.54. The number of nitrogen functional groups attached to an aromatic ring is 1. The van der Waals surface area contributed by atoms with Crippen LogP contribution in [-0.2, 0) is 16.1 Å². The van der Waals surface area contributed by atoms with Gasteiger partial charge in [-0.1, -0.05) is 6.92 Å². The summed E-state index contributed by atoms with van der Waals surface area (Å²) >= 11 is 0. The number of hydrogen-bond donors (Lipinski definition) is 2. The fourth-order valence-electron chi connectivity index (χ4n) is 2.79. The second-order valence-corrected chi connectivity index (χ2v) is 6.34. The van der Waals surface area contributed by atoms with Gasteiger partial charge in [0.05, 0.1) is 6.61 Å². The van der Waals surface area contributed by atoms with Crippen molar-refractivity contribution in [1.82, 2.24) is 9.55 Å². The Morgan fingerprint density at radius 2 is 1.97 bits per heavy atom. The van der Waals surface area contributed by atoms with E-state index in [-0.39, 0.29) is 37.0 Å². The standard InChI is InChI=1S/C19H25FN4O5/c1-4-9-24-16(21)15(17(25)22-19(24)27)23(10-11-28-3)18(26)12(2)29-14-7-5-13(20)6-8-14/h5-8,12H,4,9-11,21H2,1-3H3,(H,22,25,27)/t12-/m1/s1. The van der Waals surface area contributed by atoms with Crippen molar-refractivity contribution in [2.75, 3.05) is 30.9 Å². The van der Waals surface area contributed by atoms with E-state index in [9.17, 15) is 18.8 Å². The Morgan fingerprint density at radius 1 is 1.31 bits per heavy atom. The molecule has 1 atom stereocenters. The van der Waals surface area contributed by atoms with E-state index in [2.05, 4.69) is 4.98 Å². The van der Waals surface area contributed by atoms with Crippen LogP contribution in [0.4, 0.5) is 15.9 Å². The van der Waals surface area contributed by atoms with Crippen LogP contribution in [0.3, 0.4) is 0 Å². The number of amides is 1. The molecule has 10 heteroatoms. The Labute approximate surface area is 166 Å². The molecule has 0 aliphatic carbocycles. The van der Waals surface area contributed by atoms with Crippen LogP contribution in [0.15, 0.2) is 33.9 Å². The summed E-state index contributed by atoms with van der Waals surface area (Å²) in [4.78, 5) is 40.9. The van der Waals surface area contributed by atoms with Gasteiger partial charge in [-0.25, -0.2) is 9.18 Å². The molecular formula is C19H25FN4O5. The van der Waals surface area contributed by atoms with Crippen molar-refractivity contribution in [3.8, 4) is 5.75 Å². The van der Waals surface area contributed by atoms with E-state index in [0.29, 0.717) is 6.42 Å². The van der Waals surface area contributed by atoms with Gasteiger partial charge in [0.25, 0.3) is 11.5 Å². The third kappa shape index (κ3) is 5.23. The number of aromatic nitrogens is 2. The predicted octanol–water partition coefficient (Wildman–Crippen LogP) is 1.11. The highest BCUT2D eigenvalue weighted by molar-refractivity contribution is 5.98. The number of nitrogens with zero attached hydrogens (tertiary/aromatic N) is 2. The Hall–Kier alpha value is -3.14. The quantitative estimate of drug-likeness (QED) is 0.642. The summed E-state index contributed by atoms with van der Waals surface area (Å²) in [5, 5.41) is 0. The van der Waals surface area contributed by atoms with Crippen molar-refractivity contribution < 1.29 is 18.7 Å². The van der Waals surface area contributed by atoms with Crippen LogP contribution in [0.25, 0.3) is 0 Å². The third-order valence-electron chi connectivity index (χ3n) is 4.19. The first kappa shape index (κ1) is 22.2. The summed E-state index contributed by atoms with van der Waals surface area (Å²) < 4.78 is 24.9. The van der Waals surface area contributed by atoms with Crippen molar-refractivity contribution >= 4 is 17.4 Å². The molecule has 0 spiro atoms. The van der Waals surface area contributed by atoms with E-state index >= 15 is 0 Å². The third-order valence-corrected chi connectivity index (χ3v) is 4.19. The molecule has 1 aromatic carbocycles. The van der Waals surface area contributed by atoms with E-state index in [1.807, 2.05) is 6.92 Å². The molecule has 0 saturated heterocycles. The van der Waals surface area contributed by atoms with E-state index in [4.69, 9.17) is 15.2 Å². The number of anilines is 2. The molecule has 0 fully saturated rings. The van der Waals surface area contributed by atoms with Gasteiger partial charge in [-0.05, 0) is 37.6 Å². The molecule has 0 radical (unpaired) electrons. The number of ether oxygens (including phenoxy) is 2. The largest absolute Gasteiger partial charge is 0.481 e. The van der Waals surface area contributed by atoms with E-state index in [1.54, 1.807) is 0 Å². The van der Waals surface area contributed by atoms with E-state index in [1.165, 1.54) is 42.9 Å². The first-order chi connectivity index (χ1) is 13.8. The molecule has 1 amide bonds. The number of methoxy groups -OCH3 is 1.